The lowest BCUT2D eigenvalue weighted by atomic mass is 10.1. The van der Waals surface area contributed by atoms with E-state index in [1.807, 2.05) is 19.2 Å². The van der Waals surface area contributed by atoms with Gasteiger partial charge in [-0.2, -0.15) is 0 Å². The monoisotopic (exact) mass is 313 g/mol. The summed E-state index contributed by atoms with van der Waals surface area (Å²) in [4.78, 5) is 18.4. The third kappa shape index (κ3) is 5.07. The fourth-order valence-corrected chi connectivity index (χ4v) is 2.33. The van der Waals surface area contributed by atoms with Crippen molar-refractivity contribution in [3.8, 4) is 5.75 Å². The molecule has 0 aliphatic rings. The van der Waals surface area contributed by atoms with Crippen molar-refractivity contribution in [3.63, 3.8) is 0 Å². The molecule has 0 saturated heterocycles. The molecule has 0 saturated carbocycles. The summed E-state index contributed by atoms with van der Waals surface area (Å²) in [5.41, 5.74) is 8.22. The molecule has 0 aliphatic carbocycles. The molecule has 0 aliphatic heterocycles. The third-order valence-electron chi connectivity index (χ3n) is 3.80. The Bertz CT molecular complexity index is 644. The van der Waals surface area contributed by atoms with Gasteiger partial charge >= 0.3 is 0 Å². The fourth-order valence-electron chi connectivity index (χ4n) is 2.33. The van der Waals surface area contributed by atoms with Crippen molar-refractivity contribution in [1.29, 1.82) is 0 Å². The first-order valence-electron chi connectivity index (χ1n) is 7.64. The van der Waals surface area contributed by atoms with E-state index in [4.69, 9.17) is 10.5 Å². The first-order chi connectivity index (χ1) is 11.1. The van der Waals surface area contributed by atoms with E-state index in [0.29, 0.717) is 23.4 Å². The summed E-state index contributed by atoms with van der Waals surface area (Å²) in [5, 5.41) is 0. The number of Topliss-reactive ketones (excluding diaryl/α,β-unsaturated/α-hetero) is 1. The van der Waals surface area contributed by atoms with Gasteiger partial charge in [0.1, 0.15) is 5.75 Å². The second-order valence-corrected chi connectivity index (χ2v) is 5.54. The molecule has 0 radical (unpaired) electrons. The van der Waals surface area contributed by atoms with Gasteiger partial charge in [0.2, 0.25) is 0 Å². The number of rotatable bonds is 8. The SMILES string of the molecule is COc1ccc(C(=O)CCN(C)CCc2ccncc2)cc1N. The number of likely N-dealkylation sites (N-methyl/N-ethyl adjacent to an activating group) is 1. The summed E-state index contributed by atoms with van der Waals surface area (Å²) in [7, 11) is 3.59. The van der Waals surface area contributed by atoms with Gasteiger partial charge in [0.15, 0.2) is 5.78 Å². The van der Waals surface area contributed by atoms with Crippen molar-refractivity contribution >= 4 is 11.5 Å². The number of hydrogen-bond acceptors (Lipinski definition) is 5. The first kappa shape index (κ1) is 17.0. The maximum atomic E-state index is 12.2. The van der Waals surface area contributed by atoms with Gasteiger partial charge in [0.25, 0.3) is 0 Å². The van der Waals surface area contributed by atoms with Crippen LogP contribution < -0.4 is 10.5 Å². The summed E-state index contributed by atoms with van der Waals surface area (Å²) in [6, 6.07) is 9.20. The van der Waals surface area contributed by atoms with Crippen LogP contribution in [0.15, 0.2) is 42.7 Å². The lowest BCUT2D eigenvalue weighted by Gasteiger charge is -2.16. The van der Waals surface area contributed by atoms with Crippen LogP contribution in [-0.4, -0.2) is 42.9 Å². The fraction of sp³-hybridized carbons (Fsp3) is 0.333. The van der Waals surface area contributed by atoms with Crippen molar-refractivity contribution in [2.24, 2.45) is 0 Å². The van der Waals surface area contributed by atoms with E-state index in [1.165, 1.54) is 5.56 Å². The average Bonchev–Trinajstić information content (AvgIpc) is 2.58. The topological polar surface area (TPSA) is 68.5 Å². The van der Waals surface area contributed by atoms with E-state index in [-0.39, 0.29) is 5.78 Å². The highest BCUT2D eigenvalue weighted by atomic mass is 16.5. The van der Waals surface area contributed by atoms with Crippen molar-refractivity contribution in [2.75, 3.05) is 33.0 Å². The number of nitrogen functional groups attached to an aromatic ring is 1. The molecule has 2 aromatic rings. The normalized spacial score (nSPS) is 10.7. The second-order valence-electron chi connectivity index (χ2n) is 5.54. The Kier molecular flexibility index (Phi) is 6.11. The minimum Gasteiger partial charge on any atom is -0.495 e. The van der Waals surface area contributed by atoms with Crippen LogP contribution in [0.25, 0.3) is 0 Å². The van der Waals surface area contributed by atoms with Crippen LogP contribution in [0.4, 0.5) is 5.69 Å². The predicted molar refractivity (Wildman–Crippen MR) is 91.8 cm³/mol. The number of methoxy groups -OCH3 is 1. The molecule has 1 heterocycles. The van der Waals surface area contributed by atoms with E-state index < -0.39 is 0 Å². The quantitative estimate of drug-likeness (QED) is 0.599. The van der Waals surface area contributed by atoms with E-state index in [1.54, 1.807) is 37.7 Å². The first-order valence-corrected chi connectivity index (χ1v) is 7.64. The van der Waals surface area contributed by atoms with Crippen LogP contribution in [-0.2, 0) is 6.42 Å². The number of hydrogen-bond donors (Lipinski definition) is 1. The Morgan fingerprint density at radius 3 is 2.61 bits per heavy atom. The van der Waals surface area contributed by atoms with Crippen molar-refractivity contribution in [2.45, 2.75) is 12.8 Å². The van der Waals surface area contributed by atoms with E-state index >= 15 is 0 Å². The van der Waals surface area contributed by atoms with Gasteiger partial charge in [-0.15, -0.1) is 0 Å². The van der Waals surface area contributed by atoms with Crippen LogP contribution in [0.1, 0.15) is 22.3 Å². The molecule has 1 aromatic heterocycles. The zero-order valence-electron chi connectivity index (χ0n) is 13.7. The largest absolute Gasteiger partial charge is 0.495 e. The number of carbonyl (C=O) groups is 1. The van der Waals surface area contributed by atoms with Gasteiger partial charge in [-0.1, -0.05) is 0 Å². The summed E-state index contributed by atoms with van der Waals surface area (Å²) in [6.07, 6.45) is 5.02. The number of aromatic nitrogens is 1. The van der Waals surface area contributed by atoms with E-state index in [2.05, 4.69) is 9.88 Å². The lowest BCUT2D eigenvalue weighted by molar-refractivity contribution is 0.0969. The molecule has 0 atom stereocenters. The number of nitrogens with zero attached hydrogens (tertiary/aromatic N) is 2. The molecule has 0 spiro atoms. The molecule has 122 valence electrons. The molecule has 0 fully saturated rings. The van der Waals surface area contributed by atoms with E-state index in [0.717, 1.165) is 19.5 Å². The Balaban J connectivity index is 1.80. The predicted octanol–water partition coefficient (Wildman–Crippen LogP) is 2.42. The van der Waals surface area contributed by atoms with Gasteiger partial charge < -0.3 is 15.4 Å². The maximum absolute atomic E-state index is 12.2. The number of ether oxygens (including phenoxy) is 1. The van der Waals surface area contributed by atoms with Gasteiger partial charge in [-0.05, 0) is 49.4 Å². The number of pyridine rings is 1. The van der Waals surface area contributed by atoms with Crippen molar-refractivity contribution < 1.29 is 9.53 Å². The second kappa shape index (κ2) is 8.29. The number of benzene rings is 1. The molecule has 0 bridgehead atoms. The molecule has 2 N–H and O–H groups in total. The summed E-state index contributed by atoms with van der Waals surface area (Å²) >= 11 is 0. The van der Waals surface area contributed by atoms with Crippen molar-refractivity contribution in [1.82, 2.24) is 9.88 Å². The standard InChI is InChI=1S/C18H23N3O2/c1-21(11-7-14-5-9-20-10-6-14)12-8-17(22)15-3-4-18(23-2)16(19)13-15/h3-6,9-10,13H,7-8,11-12,19H2,1-2H3. The number of ketones is 1. The highest BCUT2D eigenvalue weighted by molar-refractivity contribution is 5.97. The number of nitrogens with two attached hydrogens (primary N) is 1. The van der Waals surface area contributed by atoms with Crippen molar-refractivity contribution in [3.05, 3.63) is 53.9 Å². The molecule has 0 unspecified atom stereocenters. The Hall–Kier alpha value is -2.40. The zero-order chi connectivity index (χ0) is 16.7. The highest BCUT2D eigenvalue weighted by Gasteiger charge is 2.10. The smallest absolute Gasteiger partial charge is 0.164 e. The molecular formula is C18H23N3O2. The van der Waals surface area contributed by atoms with Crippen LogP contribution in [0.3, 0.4) is 0 Å². The minimum absolute atomic E-state index is 0.0927. The summed E-state index contributed by atoms with van der Waals surface area (Å²) in [6.45, 7) is 1.62. The van der Waals surface area contributed by atoms with Gasteiger partial charge in [-0.3, -0.25) is 9.78 Å². The zero-order valence-corrected chi connectivity index (χ0v) is 13.7. The molecular weight excluding hydrogens is 290 g/mol. The Morgan fingerprint density at radius 2 is 1.96 bits per heavy atom. The maximum Gasteiger partial charge on any atom is 0.164 e. The highest BCUT2D eigenvalue weighted by Crippen LogP contribution is 2.22. The van der Waals surface area contributed by atoms with Gasteiger partial charge in [0, 0.05) is 37.5 Å². The Labute approximate surface area is 137 Å². The van der Waals surface area contributed by atoms with E-state index in [9.17, 15) is 4.79 Å². The van der Waals surface area contributed by atoms with Crippen LogP contribution >= 0.6 is 0 Å². The van der Waals surface area contributed by atoms with Crippen LogP contribution in [0, 0.1) is 0 Å². The summed E-state index contributed by atoms with van der Waals surface area (Å²) < 4.78 is 5.10. The minimum atomic E-state index is 0.0927. The number of anilines is 1. The molecule has 0 amide bonds. The molecule has 2 rings (SSSR count). The molecule has 23 heavy (non-hydrogen) atoms. The van der Waals surface area contributed by atoms with Crippen LogP contribution in [0.2, 0.25) is 0 Å². The van der Waals surface area contributed by atoms with Crippen LogP contribution in [0.5, 0.6) is 5.75 Å². The molecule has 5 nitrogen and oxygen atoms in total. The summed E-state index contributed by atoms with van der Waals surface area (Å²) in [5.74, 6) is 0.686. The molecule has 1 aromatic carbocycles. The van der Waals surface area contributed by atoms with Gasteiger partial charge in [0.05, 0.1) is 12.8 Å². The number of carbonyl (C=O) groups excluding carboxylic acids is 1. The lowest BCUT2D eigenvalue weighted by Crippen LogP contribution is -2.24. The third-order valence-corrected chi connectivity index (χ3v) is 3.80. The molecule has 5 heteroatoms. The van der Waals surface area contributed by atoms with Gasteiger partial charge in [-0.25, -0.2) is 0 Å². The Morgan fingerprint density at radius 1 is 1.22 bits per heavy atom. The average molecular weight is 313 g/mol.